The Bertz CT molecular complexity index is 489. The van der Waals surface area contributed by atoms with Gasteiger partial charge in [0.25, 0.3) is 0 Å². The molecule has 5 heteroatoms. The quantitative estimate of drug-likeness (QED) is 0.782. The van der Waals surface area contributed by atoms with Crippen molar-refractivity contribution in [3.63, 3.8) is 0 Å². The second-order valence-corrected chi connectivity index (χ2v) is 6.70. The Hall–Kier alpha value is -1.07. The predicted molar refractivity (Wildman–Crippen MR) is 90.7 cm³/mol. The smallest absolute Gasteiger partial charge is 0.224 e. The van der Waals surface area contributed by atoms with Crippen LogP contribution in [0.1, 0.15) is 32.3 Å². The van der Waals surface area contributed by atoms with Gasteiger partial charge in [-0.25, -0.2) is 0 Å². The van der Waals surface area contributed by atoms with Crippen molar-refractivity contribution in [3.05, 3.63) is 22.2 Å². The number of nitrogens with two attached hydrogens (primary N) is 1. The molecule has 1 aromatic rings. The molecule has 0 heterocycles. The summed E-state index contributed by atoms with van der Waals surface area (Å²) in [4.78, 5) is 12.2. The highest BCUT2D eigenvalue weighted by atomic mass is 79.9. The van der Waals surface area contributed by atoms with Crippen molar-refractivity contribution in [1.82, 2.24) is 0 Å². The number of benzene rings is 1. The van der Waals surface area contributed by atoms with Crippen LogP contribution in [-0.2, 0) is 4.79 Å². The zero-order valence-electron chi connectivity index (χ0n) is 13.2. The number of hydrogen-bond acceptors (Lipinski definition) is 3. The molecule has 1 unspecified atom stereocenters. The Kier molecular flexibility index (Phi) is 7.18. The third kappa shape index (κ3) is 5.67. The molecule has 0 saturated heterocycles. The molecule has 0 spiro atoms. The molecular weight excluding hydrogens is 332 g/mol. The van der Waals surface area contributed by atoms with E-state index in [1.807, 2.05) is 19.1 Å². The molecule has 0 aliphatic rings. The number of ether oxygens (including phenoxy) is 1. The maximum absolute atomic E-state index is 12.2. The Morgan fingerprint density at radius 2 is 2.10 bits per heavy atom. The minimum Gasteiger partial charge on any atom is -0.495 e. The van der Waals surface area contributed by atoms with Crippen molar-refractivity contribution in [2.24, 2.45) is 17.6 Å². The van der Waals surface area contributed by atoms with E-state index in [-0.39, 0.29) is 11.8 Å². The minimum absolute atomic E-state index is 0.0187. The molecule has 0 aromatic heterocycles. The van der Waals surface area contributed by atoms with Crippen LogP contribution < -0.4 is 15.8 Å². The van der Waals surface area contributed by atoms with E-state index in [4.69, 9.17) is 10.5 Å². The summed E-state index contributed by atoms with van der Waals surface area (Å²) >= 11 is 3.42. The van der Waals surface area contributed by atoms with E-state index in [9.17, 15) is 4.79 Å². The van der Waals surface area contributed by atoms with Crippen LogP contribution >= 0.6 is 15.9 Å². The molecule has 4 nitrogen and oxygen atoms in total. The second kappa shape index (κ2) is 8.39. The van der Waals surface area contributed by atoms with E-state index in [1.165, 1.54) is 0 Å². The number of hydrogen-bond donors (Lipinski definition) is 2. The van der Waals surface area contributed by atoms with Gasteiger partial charge in [-0.2, -0.15) is 0 Å². The van der Waals surface area contributed by atoms with E-state index in [2.05, 4.69) is 35.1 Å². The van der Waals surface area contributed by atoms with E-state index >= 15 is 0 Å². The molecule has 0 aliphatic heterocycles. The molecule has 3 N–H and O–H groups in total. The van der Waals surface area contributed by atoms with Crippen LogP contribution in [0.4, 0.5) is 5.69 Å². The van der Waals surface area contributed by atoms with Gasteiger partial charge in [-0.1, -0.05) is 29.8 Å². The molecule has 0 saturated carbocycles. The number of rotatable bonds is 7. The van der Waals surface area contributed by atoms with Crippen LogP contribution in [0.25, 0.3) is 0 Å². The molecule has 0 radical (unpaired) electrons. The lowest BCUT2D eigenvalue weighted by atomic mass is 9.94. The first-order valence-electron chi connectivity index (χ1n) is 7.21. The lowest BCUT2D eigenvalue weighted by molar-refractivity contribution is -0.117. The van der Waals surface area contributed by atoms with Crippen LogP contribution in [0.3, 0.4) is 0 Å². The number of carbonyl (C=O) groups excluding carboxylic acids is 1. The molecule has 118 valence electrons. The van der Waals surface area contributed by atoms with Gasteiger partial charge in [-0.3, -0.25) is 4.79 Å². The number of methoxy groups -OCH3 is 1. The van der Waals surface area contributed by atoms with Crippen molar-refractivity contribution in [2.45, 2.75) is 33.6 Å². The predicted octanol–water partition coefficient (Wildman–Crippen LogP) is 3.72. The summed E-state index contributed by atoms with van der Waals surface area (Å²) < 4.78 is 6.26. The molecule has 1 aromatic carbocycles. The lowest BCUT2D eigenvalue weighted by Crippen LogP contribution is -2.24. The highest BCUT2D eigenvalue weighted by Gasteiger charge is 2.16. The fraction of sp³-hybridized carbons (Fsp3) is 0.562. The number of aryl methyl sites for hydroxylation is 1. The van der Waals surface area contributed by atoms with Gasteiger partial charge < -0.3 is 15.8 Å². The Morgan fingerprint density at radius 1 is 1.43 bits per heavy atom. The van der Waals surface area contributed by atoms with Gasteiger partial charge in [-0.05, 0) is 49.4 Å². The largest absolute Gasteiger partial charge is 0.495 e. The van der Waals surface area contributed by atoms with Gasteiger partial charge in [-0.15, -0.1) is 0 Å². The highest BCUT2D eigenvalue weighted by Crippen LogP contribution is 2.32. The van der Waals surface area contributed by atoms with Gasteiger partial charge in [0.15, 0.2) is 0 Å². The van der Waals surface area contributed by atoms with Crippen molar-refractivity contribution in [2.75, 3.05) is 19.0 Å². The summed E-state index contributed by atoms with van der Waals surface area (Å²) in [5.74, 6) is 1.39. The summed E-state index contributed by atoms with van der Waals surface area (Å²) in [7, 11) is 1.60. The topological polar surface area (TPSA) is 64.3 Å². The monoisotopic (exact) mass is 356 g/mol. The average Bonchev–Trinajstić information content (AvgIpc) is 2.40. The number of amides is 1. The van der Waals surface area contributed by atoms with Crippen LogP contribution in [0.15, 0.2) is 16.6 Å². The van der Waals surface area contributed by atoms with Gasteiger partial charge in [0.1, 0.15) is 5.75 Å². The second-order valence-electron chi connectivity index (χ2n) is 5.78. The fourth-order valence-electron chi connectivity index (χ4n) is 2.42. The van der Waals surface area contributed by atoms with E-state index < -0.39 is 0 Å². The van der Waals surface area contributed by atoms with Crippen LogP contribution in [0.2, 0.25) is 0 Å². The zero-order chi connectivity index (χ0) is 16.0. The molecule has 1 amide bonds. The number of nitrogens with one attached hydrogen (secondary N) is 1. The number of anilines is 1. The van der Waals surface area contributed by atoms with Crippen LogP contribution in [-0.4, -0.2) is 19.6 Å². The van der Waals surface area contributed by atoms with Crippen molar-refractivity contribution < 1.29 is 9.53 Å². The Morgan fingerprint density at radius 3 is 2.62 bits per heavy atom. The molecule has 1 rings (SSSR count). The lowest BCUT2D eigenvalue weighted by Gasteiger charge is -2.18. The van der Waals surface area contributed by atoms with Crippen molar-refractivity contribution in [3.8, 4) is 5.75 Å². The van der Waals surface area contributed by atoms with Gasteiger partial charge in [0.2, 0.25) is 5.91 Å². The standard InChI is InChI=1S/C16H25BrN2O2/c1-10(2)5-12(9-18)7-15(20)19-16-11(3)6-13(17)8-14(16)21-4/h6,8,10,12H,5,7,9,18H2,1-4H3,(H,19,20). The normalized spacial score (nSPS) is 12.3. The first-order valence-corrected chi connectivity index (χ1v) is 8.00. The highest BCUT2D eigenvalue weighted by molar-refractivity contribution is 9.10. The molecule has 0 bridgehead atoms. The first kappa shape index (κ1) is 18.0. The number of carbonyl (C=O) groups is 1. The SMILES string of the molecule is COc1cc(Br)cc(C)c1NC(=O)CC(CN)CC(C)C. The average molecular weight is 357 g/mol. The van der Waals surface area contributed by atoms with Crippen molar-refractivity contribution in [1.29, 1.82) is 0 Å². The number of halogens is 1. The van der Waals surface area contributed by atoms with Crippen LogP contribution in [0, 0.1) is 18.8 Å². The minimum atomic E-state index is -0.0187. The maximum Gasteiger partial charge on any atom is 0.224 e. The first-order chi connectivity index (χ1) is 9.87. The maximum atomic E-state index is 12.2. The fourth-order valence-corrected chi connectivity index (χ4v) is 2.97. The van der Waals surface area contributed by atoms with Crippen molar-refractivity contribution >= 4 is 27.5 Å². The molecule has 1 atom stereocenters. The molecule has 0 fully saturated rings. The van der Waals surface area contributed by atoms with E-state index in [1.54, 1.807) is 7.11 Å². The van der Waals surface area contributed by atoms with Gasteiger partial charge >= 0.3 is 0 Å². The summed E-state index contributed by atoms with van der Waals surface area (Å²) in [6.45, 7) is 6.75. The van der Waals surface area contributed by atoms with Gasteiger partial charge in [0, 0.05) is 10.9 Å². The molecule has 0 aliphatic carbocycles. The van der Waals surface area contributed by atoms with E-state index in [0.29, 0.717) is 24.6 Å². The Labute approximate surface area is 135 Å². The molecular formula is C16H25BrN2O2. The zero-order valence-corrected chi connectivity index (χ0v) is 14.8. The third-order valence-electron chi connectivity index (χ3n) is 3.36. The summed E-state index contributed by atoms with van der Waals surface area (Å²) in [5.41, 5.74) is 7.45. The molecule has 21 heavy (non-hydrogen) atoms. The summed E-state index contributed by atoms with van der Waals surface area (Å²) in [6, 6.07) is 3.80. The Balaban J connectivity index is 2.79. The summed E-state index contributed by atoms with van der Waals surface area (Å²) in [6.07, 6.45) is 1.40. The van der Waals surface area contributed by atoms with Crippen LogP contribution in [0.5, 0.6) is 5.75 Å². The third-order valence-corrected chi connectivity index (χ3v) is 3.82. The van der Waals surface area contributed by atoms with E-state index in [0.717, 1.165) is 22.1 Å². The summed E-state index contributed by atoms with van der Waals surface area (Å²) in [5, 5.41) is 2.95. The van der Waals surface area contributed by atoms with Gasteiger partial charge in [0.05, 0.1) is 12.8 Å².